The van der Waals surface area contributed by atoms with E-state index in [0.29, 0.717) is 18.0 Å². The molecule has 0 aliphatic carbocycles. The van der Waals surface area contributed by atoms with Crippen molar-refractivity contribution in [2.45, 2.75) is 39.8 Å². The van der Waals surface area contributed by atoms with Crippen molar-refractivity contribution in [3.8, 4) is 0 Å². The highest BCUT2D eigenvalue weighted by Crippen LogP contribution is 2.14. The van der Waals surface area contributed by atoms with E-state index in [1.165, 1.54) is 0 Å². The predicted octanol–water partition coefficient (Wildman–Crippen LogP) is 3.63. The molecule has 1 N–H and O–H groups in total. The second kappa shape index (κ2) is 6.05. The summed E-state index contributed by atoms with van der Waals surface area (Å²) in [7, 11) is 0. The lowest BCUT2D eigenvalue weighted by molar-refractivity contribution is 0.385. The molecule has 0 aromatic heterocycles. The molecule has 0 heterocycles. The summed E-state index contributed by atoms with van der Waals surface area (Å²) in [5.74, 6) is -3.25. The number of rotatable bonds is 5. The van der Waals surface area contributed by atoms with Gasteiger partial charge in [-0.3, -0.25) is 0 Å². The van der Waals surface area contributed by atoms with E-state index in [-0.39, 0.29) is 6.04 Å². The Morgan fingerprint density at radius 3 is 2.06 bits per heavy atom. The molecule has 1 aromatic carbocycles. The molecule has 1 atom stereocenters. The van der Waals surface area contributed by atoms with E-state index < -0.39 is 17.5 Å². The minimum atomic E-state index is -1.41. The highest BCUT2D eigenvalue weighted by molar-refractivity contribution is 5.19. The van der Waals surface area contributed by atoms with E-state index >= 15 is 0 Å². The first-order chi connectivity index (χ1) is 7.95. The number of hydrogen-bond donors (Lipinski definition) is 1. The van der Waals surface area contributed by atoms with Crippen molar-refractivity contribution in [2.75, 3.05) is 0 Å². The summed E-state index contributed by atoms with van der Waals surface area (Å²) < 4.78 is 38.7. The summed E-state index contributed by atoms with van der Waals surface area (Å²) in [6.45, 7) is 6.54. The molecule has 0 radical (unpaired) electrons. The Bertz CT molecular complexity index is 354. The molecule has 1 rings (SSSR count). The van der Waals surface area contributed by atoms with Crippen LogP contribution in [0, 0.1) is 23.4 Å². The lowest BCUT2D eigenvalue weighted by atomic mass is 10.0. The minimum Gasteiger partial charge on any atom is -0.310 e. The second-order valence-electron chi connectivity index (χ2n) is 4.51. The maximum atomic E-state index is 13.0. The third-order valence-corrected chi connectivity index (χ3v) is 2.86. The van der Waals surface area contributed by atoms with Crippen molar-refractivity contribution in [1.29, 1.82) is 0 Å². The Kier molecular flexibility index (Phi) is 5.00. The largest absolute Gasteiger partial charge is 0.310 e. The molecule has 1 aromatic rings. The maximum absolute atomic E-state index is 13.0. The highest BCUT2D eigenvalue weighted by atomic mass is 19.2. The fourth-order valence-corrected chi connectivity index (χ4v) is 1.81. The highest BCUT2D eigenvalue weighted by Gasteiger charge is 2.13. The third kappa shape index (κ3) is 3.73. The van der Waals surface area contributed by atoms with Crippen molar-refractivity contribution in [2.24, 2.45) is 5.92 Å². The summed E-state index contributed by atoms with van der Waals surface area (Å²) in [5.41, 5.74) is 0.417. The van der Waals surface area contributed by atoms with Crippen LogP contribution in [0.3, 0.4) is 0 Å². The quantitative estimate of drug-likeness (QED) is 0.781. The van der Waals surface area contributed by atoms with Crippen LogP contribution in [0.1, 0.15) is 32.8 Å². The van der Waals surface area contributed by atoms with Crippen LogP contribution in [0.5, 0.6) is 0 Å². The van der Waals surface area contributed by atoms with Crippen molar-refractivity contribution >= 4 is 0 Å². The van der Waals surface area contributed by atoms with Gasteiger partial charge in [0.2, 0.25) is 0 Å². The van der Waals surface area contributed by atoms with Crippen LogP contribution in [0.4, 0.5) is 13.2 Å². The fraction of sp³-hybridized carbons (Fsp3) is 0.538. The molecule has 0 aliphatic rings. The number of nitrogens with one attached hydrogen (secondary N) is 1. The summed E-state index contributed by atoms with van der Waals surface area (Å²) in [5, 5.41) is 3.20. The van der Waals surface area contributed by atoms with Gasteiger partial charge in [0.05, 0.1) is 0 Å². The first-order valence-electron chi connectivity index (χ1n) is 5.82. The van der Waals surface area contributed by atoms with E-state index in [4.69, 9.17) is 0 Å². The van der Waals surface area contributed by atoms with Crippen molar-refractivity contribution in [1.82, 2.24) is 5.32 Å². The Balaban J connectivity index is 2.69. The lowest BCUT2D eigenvalue weighted by Gasteiger charge is -2.20. The monoisotopic (exact) mass is 245 g/mol. The Morgan fingerprint density at radius 1 is 1.12 bits per heavy atom. The molecule has 0 saturated carbocycles. The van der Waals surface area contributed by atoms with Gasteiger partial charge in [-0.25, -0.2) is 13.2 Å². The zero-order chi connectivity index (χ0) is 13.0. The molecule has 1 unspecified atom stereocenters. The van der Waals surface area contributed by atoms with Gasteiger partial charge in [0.15, 0.2) is 17.5 Å². The summed E-state index contributed by atoms with van der Waals surface area (Å²) in [4.78, 5) is 0. The SMILES string of the molecule is CCC(NCc1cc(F)c(F)c(F)c1)C(C)C. The molecule has 17 heavy (non-hydrogen) atoms. The topological polar surface area (TPSA) is 12.0 Å². The van der Waals surface area contributed by atoms with Gasteiger partial charge in [-0.1, -0.05) is 20.8 Å². The molecule has 0 spiro atoms. The van der Waals surface area contributed by atoms with Crippen LogP contribution in [0.25, 0.3) is 0 Å². The van der Waals surface area contributed by atoms with Gasteiger partial charge < -0.3 is 5.32 Å². The van der Waals surface area contributed by atoms with Crippen LogP contribution < -0.4 is 5.32 Å². The molecule has 0 fully saturated rings. The lowest BCUT2D eigenvalue weighted by Crippen LogP contribution is -2.32. The van der Waals surface area contributed by atoms with Gasteiger partial charge in [0, 0.05) is 12.6 Å². The molecule has 0 aliphatic heterocycles. The zero-order valence-corrected chi connectivity index (χ0v) is 10.4. The van der Waals surface area contributed by atoms with Crippen LogP contribution in [-0.2, 0) is 6.54 Å². The van der Waals surface area contributed by atoms with E-state index in [9.17, 15) is 13.2 Å². The Morgan fingerprint density at radius 2 is 1.65 bits per heavy atom. The predicted molar refractivity (Wildman–Crippen MR) is 62.1 cm³/mol. The third-order valence-electron chi connectivity index (χ3n) is 2.86. The molecular weight excluding hydrogens is 227 g/mol. The Labute approximate surface area is 100 Å². The van der Waals surface area contributed by atoms with Crippen molar-refractivity contribution in [3.63, 3.8) is 0 Å². The standard InChI is InChI=1S/C13H18F3N/c1-4-12(8(2)3)17-7-9-5-10(14)13(16)11(15)6-9/h5-6,8,12,17H,4,7H2,1-3H3. The number of benzene rings is 1. The minimum absolute atomic E-state index is 0.283. The van der Waals surface area contributed by atoms with E-state index in [1.807, 2.05) is 6.92 Å². The van der Waals surface area contributed by atoms with Crippen molar-refractivity contribution in [3.05, 3.63) is 35.1 Å². The van der Waals surface area contributed by atoms with Gasteiger partial charge in [-0.2, -0.15) is 0 Å². The van der Waals surface area contributed by atoms with Gasteiger partial charge in [0.25, 0.3) is 0 Å². The number of halogens is 3. The smallest absolute Gasteiger partial charge is 0.194 e. The van der Waals surface area contributed by atoms with E-state index in [0.717, 1.165) is 18.6 Å². The molecule has 0 saturated heterocycles. The van der Waals surface area contributed by atoms with Crippen LogP contribution in [-0.4, -0.2) is 6.04 Å². The molecule has 4 heteroatoms. The molecular formula is C13H18F3N. The number of hydrogen-bond acceptors (Lipinski definition) is 1. The van der Waals surface area contributed by atoms with Gasteiger partial charge in [-0.05, 0) is 30.0 Å². The first kappa shape index (κ1) is 14.0. The normalized spacial score (nSPS) is 13.1. The summed E-state index contributed by atoms with van der Waals surface area (Å²) >= 11 is 0. The summed E-state index contributed by atoms with van der Waals surface area (Å²) in [6, 6.07) is 2.34. The maximum Gasteiger partial charge on any atom is 0.194 e. The van der Waals surface area contributed by atoms with Gasteiger partial charge >= 0.3 is 0 Å². The molecule has 1 nitrogen and oxygen atoms in total. The molecule has 0 amide bonds. The summed E-state index contributed by atoms with van der Waals surface area (Å²) in [6.07, 6.45) is 0.934. The molecule has 96 valence electrons. The average molecular weight is 245 g/mol. The zero-order valence-electron chi connectivity index (χ0n) is 10.4. The second-order valence-corrected chi connectivity index (χ2v) is 4.51. The fourth-order valence-electron chi connectivity index (χ4n) is 1.81. The Hall–Kier alpha value is -1.03. The first-order valence-corrected chi connectivity index (χ1v) is 5.82. The van der Waals surface area contributed by atoms with Crippen LogP contribution >= 0.6 is 0 Å². The van der Waals surface area contributed by atoms with Gasteiger partial charge in [-0.15, -0.1) is 0 Å². The molecule has 0 bridgehead atoms. The van der Waals surface area contributed by atoms with Gasteiger partial charge in [0.1, 0.15) is 0 Å². The van der Waals surface area contributed by atoms with Crippen LogP contribution in [0.2, 0.25) is 0 Å². The van der Waals surface area contributed by atoms with E-state index in [1.54, 1.807) is 0 Å². The van der Waals surface area contributed by atoms with Crippen molar-refractivity contribution < 1.29 is 13.2 Å². The van der Waals surface area contributed by atoms with E-state index in [2.05, 4.69) is 19.2 Å². The average Bonchev–Trinajstić information content (AvgIpc) is 2.26. The van der Waals surface area contributed by atoms with Crippen LogP contribution in [0.15, 0.2) is 12.1 Å².